The van der Waals surface area contributed by atoms with Gasteiger partial charge in [-0.1, -0.05) is 48.9 Å². The molecule has 0 saturated heterocycles. The lowest BCUT2D eigenvalue weighted by molar-refractivity contribution is -0.117. The maximum atomic E-state index is 12.5. The molecule has 0 fully saturated rings. The highest BCUT2D eigenvalue weighted by molar-refractivity contribution is 5.95. The van der Waals surface area contributed by atoms with Gasteiger partial charge in [-0.3, -0.25) is 9.48 Å². The van der Waals surface area contributed by atoms with Crippen LogP contribution in [-0.4, -0.2) is 20.9 Å². The predicted octanol–water partition coefficient (Wildman–Crippen LogP) is 2.65. The molecule has 1 aromatic carbocycles. The second-order valence-electron chi connectivity index (χ2n) is 4.89. The Balaban J connectivity index is 2.18. The third-order valence-corrected chi connectivity index (χ3v) is 3.44. The first-order valence-electron chi connectivity index (χ1n) is 6.85. The molecule has 0 aliphatic heterocycles. The van der Waals surface area contributed by atoms with Crippen LogP contribution in [0.15, 0.2) is 30.3 Å². The molecule has 2 aromatic rings. The molecule has 5 nitrogen and oxygen atoms in total. The van der Waals surface area contributed by atoms with E-state index < -0.39 is 0 Å². The average molecular weight is 272 g/mol. The maximum Gasteiger partial charge on any atom is 0.233 e. The molecule has 106 valence electrons. The Hall–Kier alpha value is -2.17. The summed E-state index contributed by atoms with van der Waals surface area (Å²) in [5, 5.41) is 10.8. The summed E-state index contributed by atoms with van der Waals surface area (Å²) in [5.41, 5.74) is 1.88. The van der Waals surface area contributed by atoms with Crippen molar-refractivity contribution in [2.75, 3.05) is 5.32 Å². The summed E-state index contributed by atoms with van der Waals surface area (Å²) in [4.78, 5) is 12.5. The Labute approximate surface area is 119 Å². The van der Waals surface area contributed by atoms with Gasteiger partial charge in [0.15, 0.2) is 5.82 Å². The minimum absolute atomic E-state index is 0.0262. The van der Waals surface area contributed by atoms with Gasteiger partial charge in [0.1, 0.15) is 0 Å². The summed E-state index contributed by atoms with van der Waals surface area (Å²) < 4.78 is 1.65. The number of nitrogens with one attached hydrogen (secondary N) is 1. The number of carbonyl (C=O) groups is 1. The molecule has 0 bridgehead atoms. The number of carbonyl (C=O) groups excluding carboxylic acids is 1. The fourth-order valence-corrected chi connectivity index (χ4v) is 2.15. The van der Waals surface area contributed by atoms with E-state index in [1.165, 1.54) is 0 Å². The first kappa shape index (κ1) is 14.2. The SMILES string of the molecule is CCCC(C(=O)Nc1nnn(C)c1C)c1ccccc1. The molecule has 0 spiro atoms. The molecular weight excluding hydrogens is 252 g/mol. The molecular formula is C15H20N4O. The quantitative estimate of drug-likeness (QED) is 0.910. The van der Waals surface area contributed by atoms with Gasteiger partial charge >= 0.3 is 0 Å². The number of nitrogens with zero attached hydrogens (tertiary/aromatic N) is 3. The highest BCUT2D eigenvalue weighted by atomic mass is 16.2. The van der Waals surface area contributed by atoms with Gasteiger partial charge in [0.05, 0.1) is 11.6 Å². The van der Waals surface area contributed by atoms with Gasteiger partial charge < -0.3 is 5.32 Å². The smallest absolute Gasteiger partial charge is 0.233 e. The number of rotatable bonds is 5. The fourth-order valence-electron chi connectivity index (χ4n) is 2.15. The van der Waals surface area contributed by atoms with Gasteiger partial charge in [0, 0.05) is 7.05 Å². The van der Waals surface area contributed by atoms with Crippen molar-refractivity contribution in [1.29, 1.82) is 0 Å². The standard InChI is InChI=1S/C15H20N4O/c1-4-8-13(12-9-6-5-7-10-12)15(20)16-14-11(2)19(3)18-17-14/h5-7,9-10,13H,4,8H2,1-3H3,(H,16,20). The Morgan fingerprint density at radius 3 is 2.60 bits per heavy atom. The molecule has 0 aliphatic carbocycles. The number of anilines is 1. The Morgan fingerprint density at radius 2 is 2.05 bits per heavy atom. The van der Waals surface area contributed by atoms with Gasteiger partial charge in [-0.2, -0.15) is 0 Å². The minimum Gasteiger partial charge on any atom is -0.307 e. The lowest BCUT2D eigenvalue weighted by atomic mass is 9.93. The van der Waals surface area contributed by atoms with Crippen molar-refractivity contribution in [2.45, 2.75) is 32.6 Å². The van der Waals surface area contributed by atoms with Gasteiger partial charge in [-0.15, -0.1) is 5.10 Å². The van der Waals surface area contributed by atoms with E-state index in [0.717, 1.165) is 24.1 Å². The van der Waals surface area contributed by atoms with Gasteiger partial charge in [0.25, 0.3) is 0 Å². The van der Waals surface area contributed by atoms with E-state index in [4.69, 9.17) is 0 Å². The van der Waals surface area contributed by atoms with Crippen LogP contribution >= 0.6 is 0 Å². The molecule has 1 atom stereocenters. The molecule has 20 heavy (non-hydrogen) atoms. The summed E-state index contributed by atoms with van der Waals surface area (Å²) >= 11 is 0. The molecule has 0 aliphatic rings. The topological polar surface area (TPSA) is 59.8 Å². The molecule has 2 rings (SSSR count). The van der Waals surface area contributed by atoms with E-state index in [1.54, 1.807) is 11.7 Å². The summed E-state index contributed by atoms with van der Waals surface area (Å²) in [7, 11) is 1.80. The minimum atomic E-state index is -0.150. The van der Waals surface area contributed by atoms with Gasteiger partial charge in [0.2, 0.25) is 5.91 Å². The van der Waals surface area contributed by atoms with Crippen LogP contribution in [0.1, 0.15) is 36.9 Å². The predicted molar refractivity (Wildman–Crippen MR) is 78.5 cm³/mol. The van der Waals surface area contributed by atoms with Crippen LogP contribution in [0.3, 0.4) is 0 Å². The molecule has 1 heterocycles. The van der Waals surface area contributed by atoms with Crippen molar-refractivity contribution < 1.29 is 4.79 Å². The first-order chi connectivity index (χ1) is 9.63. The van der Waals surface area contributed by atoms with E-state index in [9.17, 15) is 4.79 Å². The maximum absolute atomic E-state index is 12.5. The van der Waals surface area contributed by atoms with E-state index >= 15 is 0 Å². The highest BCUT2D eigenvalue weighted by Crippen LogP contribution is 2.23. The van der Waals surface area contributed by atoms with Crippen molar-refractivity contribution in [1.82, 2.24) is 15.0 Å². The molecule has 5 heteroatoms. The van der Waals surface area contributed by atoms with Crippen LogP contribution < -0.4 is 5.32 Å². The molecule has 0 saturated carbocycles. The lowest BCUT2D eigenvalue weighted by Gasteiger charge is -2.15. The number of aryl methyl sites for hydroxylation is 1. The van der Waals surface area contributed by atoms with E-state index in [0.29, 0.717) is 5.82 Å². The van der Waals surface area contributed by atoms with Crippen molar-refractivity contribution in [3.63, 3.8) is 0 Å². The van der Waals surface area contributed by atoms with Crippen LogP contribution in [0.4, 0.5) is 5.82 Å². The van der Waals surface area contributed by atoms with Gasteiger partial charge in [-0.05, 0) is 18.9 Å². The van der Waals surface area contributed by atoms with Crippen LogP contribution in [0.5, 0.6) is 0 Å². The largest absolute Gasteiger partial charge is 0.307 e. The van der Waals surface area contributed by atoms with Gasteiger partial charge in [-0.25, -0.2) is 0 Å². The van der Waals surface area contributed by atoms with Crippen molar-refractivity contribution in [3.8, 4) is 0 Å². The Bertz CT molecular complexity index is 577. The second kappa shape index (κ2) is 6.32. The zero-order valence-corrected chi connectivity index (χ0v) is 12.1. The van der Waals surface area contributed by atoms with Crippen LogP contribution in [0.2, 0.25) is 0 Å². The third kappa shape index (κ3) is 3.04. The number of aromatic nitrogens is 3. The second-order valence-corrected chi connectivity index (χ2v) is 4.89. The summed E-state index contributed by atoms with van der Waals surface area (Å²) in [6.07, 6.45) is 1.77. The Morgan fingerprint density at radius 1 is 1.35 bits per heavy atom. The first-order valence-corrected chi connectivity index (χ1v) is 6.85. The number of benzene rings is 1. The zero-order chi connectivity index (χ0) is 14.5. The average Bonchev–Trinajstić information content (AvgIpc) is 2.77. The zero-order valence-electron chi connectivity index (χ0n) is 12.1. The number of hydrogen-bond acceptors (Lipinski definition) is 3. The van der Waals surface area contributed by atoms with E-state index in [1.807, 2.05) is 37.3 Å². The van der Waals surface area contributed by atoms with Crippen molar-refractivity contribution in [3.05, 3.63) is 41.6 Å². The van der Waals surface area contributed by atoms with Crippen LogP contribution in [0.25, 0.3) is 0 Å². The van der Waals surface area contributed by atoms with Crippen molar-refractivity contribution in [2.24, 2.45) is 7.05 Å². The lowest BCUT2D eigenvalue weighted by Crippen LogP contribution is -2.22. The normalized spacial score (nSPS) is 12.2. The summed E-state index contributed by atoms with van der Waals surface area (Å²) in [6, 6.07) is 9.85. The molecule has 1 amide bonds. The number of hydrogen-bond donors (Lipinski definition) is 1. The van der Waals surface area contributed by atoms with E-state index in [2.05, 4.69) is 22.6 Å². The molecule has 0 radical (unpaired) electrons. The number of amides is 1. The molecule has 1 aromatic heterocycles. The Kier molecular flexibility index (Phi) is 4.50. The molecule has 1 N–H and O–H groups in total. The highest BCUT2D eigenvalue weighted by Gasteiger charge is 2.21. The monoisotopic (exact) mass is 272 g/mol. The fraction of sp³-hybridized carbons (Fsp3) is 0.400. The summed E-state index contributed by atoms with van der Waals surface area (Å²) in [6.45, 7) is 3.96. The van der Waals surface area contributed by atoms with Crippen LogP contribution in [-0.2, 0) is 11.8 Å². The van der Waals surface area contributed by atoms with Crippen LogP contribution in [0, 0.1) is 6.92 Å². The summed E-state index contributed by atoms with van der Waals surface area (Å²) in [5.74, 6) is 0.360. The molecule has 1 unspecified atom stereocenters. The van der Waals surface area contributed by atoms with Crippen molar-refractivity contribution >= 4 is 11.7 Å². The van der Waals surface area contributed by atoms with E-state index in [-0.39, 0.29) is 11.8 Å². The third-order valence-electron chi connectivity index (χ3n) is 3.44.